The van der Waals surface area contributed by atoms with Gasteiger partial charge in [-0.05, 0) is 38.5 Å². The van der Waals surface area contributed by atoms with Gasteiger partial charge in [0, 0.05) is 25.9 Å². The predicted octanol–water partition coefficient (Wildman–Crippen LogP) is 2.12. The quantitative estimate of drug-likeness (QED) is 0.325. The highest BCUT2D eigenvalue weighted by molar-refractivity contribution is 5.82. The predicted molar refractivity (Wildman–Crippen MR) is 137 cm³/mol. The molecule has 1 amide bonds. The van der Waals surface area contributed by atoms with Gasteiger partial charge in [-0.15, -0.1) is 5.10 Å². The van der Waals surface area contributed by atoms with E-state index in [2.05, 4.69) is 30.5 Å². The molecule has 1 unspecified atom stereocenters. The number of methoxy groups -OCH3 is 1. The molecule has 5 heterocycles. The smallest absolute Gasteiger partial charge is 0.256 e. The van der Waals surface area contributed by atoms with Gasteiger partial charge in [0.1, 0.15) is 23.7 Å². The van der Waals surface area contributed by atoms with Gasteiger partial charge >= 0.3 is 0 Å². The Bertz CT molecular complexity index is 1350. The summed E-state index contributed by atoms with van der Waals surface area (Å²) in [5.74, 6) is 0.589. The summed E-state index contributed by atoms with van der Waals surface area (Å²) in [6, 6.07) is 9.11. The van der Waals surface area contributed by atoms with Crippen LogP contribution in [-0.2, 0) is 11.3 Å². The first-order valence-corrected chi connectivity index (χ1v) is 11.9. The molecule has 38 heavy (non-hydrogen) atoms. The Hall–Kier alpha value is -4.36. The molecule has 13 heteroatoms. The molecule has 1 atom stereocenters. The van der Waals surface area contributed by atoms with Crippen LogP contribution in [0.1, 0.15) is 20.3 Å². The van der Waals surface area contributed by atoms with Crippen molar-refractivity contribution < 1.29 is 24.3 Å². The third kappa shape index (κ3) is 6.69. The molecular weight excluding hydrogens is 492 g/mol. The van der Waals surface area contributed by atoms with Gasteiger partial charge in [0.05, 0.1) is 42.5 Å². The Labute approximate surface area is 219 Å². The molecule has 0 radical (unpaired) electrons. The van der Waals surface area contributed by atoms with Gasteiger partial charge in [-0.1, -0.05) is 11.2 Å². The van der Waals surface area contributed by atoms with Crippen molar-refractivity contribution in [1.29, 1.82) is 0 Å². The van der Waals surface area contributed by atoms with Crippen molar-refractivity contribution in [2.24, 2.45) is 0 Å². The van der Waals surface area contributed by atoms with E-state index < -0.39 is 11.7 Å². The monoisotopic (exact) mass is 522 g/mol. The van der Waals surface area contributed by atoms with Crippen LogP contribution >= 0.6 is 0 Å². The van der Waals surface area contributed by atoms with Crippen LogP contribution in [0.2, 0.25) is 0 Å². The highest BCUT2D eigenvalue weighted by Gasteiger charge is 2.26. The number of amides is 1. The highest BCUT2D eigenvalue weighted by Crippen LogP contribution is 2.26. The van der Waals surface area contributed by atoms with Gasteiger partial charge < -0.3 is 29.7 Å². The SMILES string of the molecule is CN1CCC(O)C1=O.COc1nn(CC(C)(C)O)cc1Nc1nccc(-c2cccc(-c3ccon3)n2)n1. The van der Waals surface area contributed by atoms with E-state index in [0.29, 0.717) is 59.8 Å². The second kappa shape index (κ2) is 11.4. The van der Waals surface area contributed by atoms with E-state index >= 15 is 0 Å². The number of ether oxygens (including phenoxy) is 1. The van der Waals surface area contributed by atoms with E-state index in [1.807, 2.05) is 18.2 Å². The Morgan fingerprint density at radius 2 is 1.89 bits per heavy atom. The molecule has 1 aliphatic heterocycles. The molecule has 3 N–H and O–H groups in total. The molecule has 1 aliphatic rings. The van der Waals surface area contributed by atoms with Crippen molar-refractivity contribution in [2.75, 3.05) is 26.0 Å². The third-order valence-corrected chi connectivity index (χ3v) is 5.48. The van der Waals surface area contributed by atoms with E-state index in [4.69, 9.17) is 14.4 Å². The van der Waals surface area contributed by atoms with Crippen molar-refractivity contribution in [2.45, 2.75) is 38.5 Å². The van der Waals surface area contributed by atoms with Crippen LogP contribution in [0.15, 0.2) is 53.5 Å². The Kier molecular flexibility index (Phi) is 7.98. The number of nitrogens with one attached hydrogen (secondary N) is 1. The van der Waals surface area contributed by atoms with Gasteiger partial charge in [0.2, 0.25) is 5.95 Å². The summed E-state index contributed by atoms with van der Waals surface area (Å²) >= 11 is 0. The fourth-order valence-electron chi connectivity index (χ4n) is 3.67. The van der Waals surface area contributed by atoms with Crippen LogP contribution in [-0.4, -0.2) is 83.3 Å². The Morgan fingerprint density at radius 3 is 2.47 bits per heavy atom. The summed E-state index contributed by atoms with van der Waals surface area (Å²) in [6.45, 7) is 4.42. The first-order chi connectivity index (χ1) is 18.1. The van der Waals surface area contributed by atoms with Crippen LogP contribution in [0.5, 0.6) is 5.88 Å². The summed E-state index contributed by atoms with van der Waals surface area (Å²) in [6.07, 6.45) is 4.75. The highest BCUT2D eigenvalue weighted by atomic mass is 16.5. The molecule has 200 valence electrons. The summed E-state index contributed by atoms with van der Waals surface area (Å²) in [5, 5.41) is 30.2. The summed E-state index contributed by atoms with van der Waals surface area (Å²) < 4.78 is 11.8. The van der Waals surface area contributed by atoms with Crippen LogP contribution in [0.4, 0.5) is 11.6 Å². The fourth-order valence-corrected chi connectivity index (χ4v) is 3.67. The number of hydrogen-bond donors (Lipinski definition) is 3. The van der Waals surface area contributed by atoms with Crippen LogP contribution < -0.4 is 10.1 Å². The van der Waals surface area contributed by atoms with Gasteiger partial charge in [0.25, 0.3) is 11.8 Å². The molecular formula is C25H30N8O5. The summed E-state index contributed by atoms with van der Waals surface area (Å²) in [4.78, 5) is 25.5. The van der Waals surface area contributed by atoms with Crippen molar-refractivity contribution in [3.8, 4) is 28.7 Å². The largest absolute Gasteiger partial charge is 0.478 e. The van der Waals surface area contributed by atoms with Crippen LogP contribution in [0, 0.1) is 0 Å². The Balaban J connectivity index is 0.000000360. The number of aliphatic hydroxyl groups excluding tert-OH is 1. The van der Waals surface area contributed by atoms with Gasteiger partial charge in [-0.25, -0.2) is 15.0 Å². The first kappa shape index (κ1) is 26.7. The topological polar surface area (TPSA) is 165 Å². The molecule has 4 aromatic rings. The van der Waals surface area contributed by atoms with E-state index in [0.717, 1.165) is 0 Å². The molecule has 13 nitrogen and oxygen atoms in total. The Morgan fingerprint density at radius 1 is 1.16 bits per heavy atom. The molecule has 0 saturated carbocycles. The minimum atomic E-state index is -0.911. The molecule has 0 aliphatic carbocycles. The van der Waals surface area contributed by atoms with Crippen molar-refractivity contribution in [3.05, 3.63) is 49.0 Å². The maximum absolute atomic E-state index is 10.6. The molecule has 0 aromatic carbocycles. The number of likely N-dealkylation sites (tertiary alicyclic amines) is 1. The zero-order valence-electron chi connectivity index (χ0n) is 21.6. The fraction of sp³-hybridized carbons (Fsp3) is 0.360. The van der Waals surface area contributed by atoms with Crippen LogP contribution in [0.3, 0.4) is 0 Å². The molecule has 0 spiro atoms. The van der Waals surface area contributed by atoms with E-state index in [9.17, 15) is 9.90 Å². The third-order valence-electron chi connectivity index (χ3n) is 5.48. The molecule has 4 aromatic heterocycles. The summed E-state index contributed by atoms with van der Waals surface area (Å²) in [5.41, 5.74) is 2.32. The number of rotatable bonds is 7. The molecule has 0 bridgehead atoms. The maximum atomic E-state index is 10.6. The average Bonchev–Trinajstić information content (AvgIpc) is 3.62. The zero-order valence-corrected chi connectivity index (χ0v) is 21.6. The van der Waals surface area contributed by atoms with Crippen molar-refractivity contribution in [3.63, 3.8) is 0 Å². The molecule has 5 rings (SSSR count). The van der Waals surface area contributed by atoms with Crippen LogP contribution in [0.25, 0.3) is 22.8 Å². The second-order valence-electron chi connectivity index (χ2n) is 9.31. The number of likely N-dealkylation sites (N-methyl/N-ethyl adjacent to an activating group) is 1. The first-order valence-electron chi connectivity index (χ1n) is 11.9. The lowest BCUT2D eigenvalue weighted by Gasteiger charge is -2.16. The van der Waals surface area contributed by atoms with E-state index in [1.165, 1.54) is 18.3 Å². The lowest BCUT2D eigenvalue weighted by Crippen LogP contribution is -2.26. The maximum Gasteiger partial charge on any atom is 0.256 e. The molecule has 1 fully saturated rings. The number of aromatic nitrogens is 6. The zero-order chi connectivity index (χ0) is 27.3. The van der Waals surface area contributed by atoms with Gasteiger partial charge in [-0.2, -0.15) is 0 Å². The van der Waals surface area contributed by atoms with Gasteiger partial charge in [0.15, 0.2) is 0 Å². The number of aliphatic hydroxyl groups is 2. The minimum Gasteiger partial charge on any atom is -0.478 e. The molecule has 1 saturated heterocycles. The lowest BCUT2D eigenvalue weighted by molar-refractivity contribution is -0.133. The lowest BCUT2D eigenvalue weighted by atomic mass is 10.1. The number of carbonyl (C=O) groups is 1. The minimum absolute atomic E-state index is 0.148. The number of anilines is 2. The number of carbonyl (C=O) groups excluding carboxylic acids is 1. The standard InChI is InChI=1S/C20H21N7O3.C5H9NO2/c1-20(2,28)12-27-11-17(18(25-27)29-3)24-19-21-9-7-15(23-19)13-5-4-6-14(22-13)16-8-10-30-26-16;1-6-3-2-4(7)5(6)8/h4-11,28H,12H2,1-3H3,(H,21,23,24);4,7H,2-3H2,1H3. The number of nitrogens with zero attached hydrogens (tertiary/aromatic N) is 7. The van der Waals surface area contributed by atoms with Crippen molar-refractivity contribution >= 4 is 17.5 Å². The van der Waals surface area contributed by atoms with Gasteiger partial charge in [-0.3, -0.25) is 9.48 Å². The van der Waals surface area contributed by atoms with E-state index in [-0.39, 0.29) is 5.91 Å². The average molecular weight is 523 g/mol. The summed E-state index contributed by atoms with van der Waals surface area (Å²) in [7, 11) is 3.22. The number of hydrogen-bond acceptors (Lipinski definition) is 11. The van der Waals surface area contributed by atoms with Crippen molar-refractivity contribution in [1.82, 2.24) is 34.8 Å². The number of pyridine rings is 1. The second-order valence-corrected chi connectivity index (χ2v) is 9.31. The van der Waals surface area contributed by atoms with E-state index in [1.54, 1.807) is 50.1 Å². The normalized spacial score (nSPS) is 15.3.